The quantitative estimate of drug-likeness (QED) is 0.799. The van der Waals surface area contributed by atoms with Gasteiger partial charge in [0, 0.05) is 26.2 Å². The van der Waals surface area contributed by atoms with E-state index in [4.69, 9.17) is 4.74 Å². The first-order chi connectivity index (χ1) is 10.6. The first-order valence-electron chi connectivity index (χ1n) is 7.72. The molecule has 4 nitrogen and oxygen atoms in total. The Morgan fingerprint density at radius 3 is 2.59 bits per heavy atom. The standard InChI is InChI=1S/C17H21FN2O2/c1-13-12-15(18)2-3-16(13)14-4-6-19(7-5-14)17(21)20-8-10-22-11-9-20/h2-4,12H,5-11H2,1H3. The number of nitrogens with zero attached hydrogens (tertiary/aromatic N) is 2. The highest BCUT2D eigenvalue weighted by Crippen LogP contribution is 2.26. The lowest BCUT2D eigenvalue weighted by Crippen LogP contribution is -2.49. The molecule has 2 amide bonds. The van der Waals surface area contributed by atoms with Crippen LogP contribution in [0.2, 0.25) is 0 Å². The molecule has 0 radical (unpaired) electrons. The van der Waals surface area contributed by atoms with E-state index in [-0.39, 0.29) is 11.8 Å². The molecule has 0 atom stereocenters. The van der Waals surface area contributed by atoms with Gasteiger partial charge in [0.1, 0.15) is 5.82 Å². The topological polar surface area (TPSA) is 32.8 Å². The maximum absolute atomic E-state index is 13.2. The van der Waals surface area contributed by atoms with Crippen molar-refractivity contribution < 1.29 is 13.9 Å². The van der Waals surface area contributed by atoms with E-state index < -0.39 is 0 Å². The number of rotatable bonds is 1. The fourth-order valence-electron chi connectivity index (χ4n) is 3.03. The summed E-state index contributed by atoms with van der Waals surface area (Å²) in [5.74, 6) is -0.207. The highest BCUT2D eigenvalue weighted by Gasteiger charge is 2.24. The van der Waals surface area contributed by atoms with Crippen molar-refractivity contribution in [1.29, 1.82) is 0 Å². The van der Waals surface area contributed by atoms with Crippen molar-refractivity contribution in [3.05, 3.63) is 41.2 Å². The maximum atomic E-state index is 13.2. The minimum atomic E-state index is -0.207. The summed E-state index contributed by atoms with van der Waals surface area (Å²) in [6.07, 6.45) is 2.89. The summed E-state index contributed by atoms with van der Waals surface area (Å²) < 4.78 is 18.5. The molecule has 1 fully saturated rings. The number of carbonyl (C=O) groups excluding carboxylic acids is 1. The average Bonchev–Trinajstić information content (AvgIpc) is 2.55. The fourth-order valence-corrected chi connectivity index (χ4v) is 3.03. The number of hydrogen-bond donors (Lipinski definition) is 0. The summed E-state index contributed by atoms with van der Waals surface area (Å²) in [4.78, 5) is 16.1. The van der Waals surface area contributed by atoms with Gasteiger partial charge in [-0.3, -0.25) is 0 Å². The summed E-state index contributed by atoms with van der Waals surface area (Å²) in [6.45, 7) is 5.82. The number of halogens is 1. The van der Waals surface area contributed by atoms with Gasteiger partial charge >= 0.3 is 6.03 Å². The Labute approximate surface area is 130 Å². The summed E-state index contributed by atoms with van der Waals surface area (Å²) in [7, 11) is 0. The third-order valence-corrected chi connectivity index (χ3v) is 4.30. The molecule has 2 aliphatic heterocycles. The van der Waals surface area contributed by atoms with Gasteiger partial charge in [-0.2, -0.15) is 0 Å². The first-order valence-corrected chi connectivity index (χ1v) is 7.72. The zero-order chi connectivity index (χ0) is 15.5. The van der Waals surface area contributed by atoms with Crippen LogP contribution in [0, 0.1) is 12.7 Å². The van der Waals surface area contributed by atoms with E-state index in [0.29, 0.717) is 39.4 Å². The summed E-state index contributed by atoms with van der Waals surface area (Å²) in [5, 5.41) is 0. The van der Waals surface area contributed by atoms with Crippen LogP contribution >= 0.6 is 0 Å². The molecule has 2 heterocycles. The molecule has 0 unspecified atom stereocenters. The summed E-state index contributed by atoms with van der Waals surface area (Å²) >= 11 is 0. The van der Waals surface area contributed by atoms with Crippen LogP contribution in [0.1, 0.15) is 17.5 Å². The predicted molar refractivity (Wildman–Crippen MR) is 83.1 cm³/mol. The van der Waals surface area contributed by atoms with E-state index in [1.807, 2.05) is 22.8 Å². The Morgan fingerprint density at radius 1 is 1.18 bits per heavy atom. The Hall–Kier alpha value is -1.88. The number of amides is 2. The molecule has 0 bridgehead atoms. The van der Waals surface area contributed by atoms with E-state index in [1.165, 1.54) is 11.6 Å². The van der Waals surface area contributed by atoms with Crippen LogP contribution in [0.25, 0.3) is 5.57 Å². The average molecular weight is 304 g/mol. The van der Waals surface area contributed by atoms with Gasteiger partial charge in [0.2, 0.25) is 0 Å². The van der Waals surface area contributed by atoms with Gasteiger partial charge in [0.05, 0.1) is 13.2 Å². The van der Waals surface area contributed by atoms with Gasteiger partial charge in [-0.05, 0) is 42.2 Å². The highest BCUT2D eigenvalue weighted by molar-refractivity contribution is 5.77. The monoisotopic (exact) mass is 304 g/mol. The smallest absolute Gasteiger partial charge is 0.320 e. The van der Waals surface area contributed by atoms with Crippen LogP contribution < -0.4 is 0 Å². The Morgan fingerprint density at radius 2 is 1.95 bits per heavy atom. The van der Waals surface area contributed by atoms with Crippen LogP contribution in [0.5, 0.6) is 0 Å². The van der Waals surface area contributed by atoms with Crippen molar-refractivity contribution >= 4 is 11.6 Å². The number of hydrogen-bond acceptors (Lipinski definition) is 2. The number of carbonyl (C=O) groups is 1. The van der Waals surface area contributed by atoms with Crippen LogP contribution in [-0.2, 0) is 4.74 Å². The molecule has 1 aromatic carbocycles. The lowest BCUT2D eigenvalue weighted by atomic mass is 9.95. The number of morpholine rings is 1. The Kier molecular flexibility index (Phi) is 4.43. The molecule has 3 rings (SSSR count). The minimum absolute atomic E-state index is 0.0921. The molecule has 1 saturated heterocycles. The molecule has 0 N–H and O–H groups in total. The normalized spacial score (nSPS) is 19.1. The SMILES string of the molecule is Cc1cc(F)ccc1C1=CCN(C(=O)N2CCOCC2)CC1. The van der Waals surface area contributed by atoms with Crippen molar-refractivity contribution in [2.45, 2.75) is 13.3 Å². The number of ether oxygens (including phenoxy) is 1. The number of benzene rings is 1. The minimum Gasteiger partial charge on any atom is -0.378 e. The van der Waals surface area contributed by atoms with Crippen molar-refractivity contribution in [2.24, 2.45) is 0 Å². The van der Waals surface area contributed by atoms with E-state index in [2.05, 4.69) is 6.08 Å². The fraction of sp³-hybridized carbons (Fsp3) is 0.471. The van der Waals surface area contributed by atoms with E-state index in [0.717, 1.165) is 17.5 Å². The van der Waals surface area contributed by atoms with Gasteiger partial charge in [0.25, 0.3) is 0 Å². The van der Waals surface area contributed by atoms with Gasteiger partial charge in [-0.25, -0.2) is 9.18 Å². The second kappa shape index (κ2) is 6.48. The third-order valence-electron chi connectivity index (χ3n) is 4.30. The Bertz CT molecular complexity index is 594. The van der Waals surface area contributed by atoms with Gasteiger partial charge in [-0.1, -0.05) is 12.1 Å². The second-order valence-electron chi connectivity index (χ2n) is 5.77. The van der Waals surface area contributed by atoms with Crippen LogP contribution in [0.3, 0.4) is 0 Å². The van der Waals surface area contributed by atoms with Crippen LogP contribution in [0.4, 0.5) is 9.18 Å². The van der Waals surface area contributed by atoms with E-state index in [9.17, 15) is 9.18 Å². The van der Waals surface area contributed by atoms with Crippen molar-refractivity contribution in [3.8, 4) is 0 Å². The van der Waals surface area contributed by atoms with Gasteiger partial charge in [-0.15, -0.1) is 0 Å². The second-order valence-corrected chi connectivity index (χ2v) is 5.77. The number of urea groups is 1. The molecular formula is C17H21FN2O2. The zero-order valence-electron chi connectivity index (χ0n) is 12.8. The van der Waals surface area contributed by atoms with Crippen molar-refractivity contribution in [3.63, 3.8) is 0 Å². The predicted octanol–water partition coefficient (Wildman–Crippen LogP) is 2.68. The molecule has 0 aliphatic carbocycles. The molecule has 1 aromatic rings. The molecule has 2 aliphatic rings. The molecule has 22 heavy (non-hydrogen) atoms. The zero-order valence-corrected chi connectivity index (χ0v) is 12.8. The summed E-state index contributed by atoms with van der Waals surface area (Å²) in [6, 6.07) is 4.97. The highest BCUT2D eigenvalue weighted by atomic mass is 19.1. The maximum Gasteiger partial charge on any atom is 0.320 e. The first kappa shape index (κ1) is 15.0. The van der Waals surface area contributed by atoms with Crippen LogP contribution in [0.15, 0.2) is 24.3 Å². The third kappa shape index (κ3) is 3.14. The number of aryl methyl sites for hydroxylation is 1. The molecule has 0 saturated carbocycles. The van der Waals surface area contributed by atoms with Crippen molar-refractivity contribution in [2.75, 3.05) is 39.4 Å². The molecular weight excluding hydrogens is 283 g/mol. The lowest BCUT2D eigenvalue weighted by Gasteiger charge is -2.34. The van der Waals surface area contributed by atoms with Crippen molar-refractivity contribution in [1.82, 2.24) is 9.80 Å². The Balaban J connectivity index is 1.67. The molecule has 5 heteroatoms. The molecule has 0 aromatic heterocycles. The molecule has 0 spiro atoms. The largest absolute Gasteiger partial charge is 0.378 e. The van der Waals surface area contributed by atoms with Crippen LogP contribution in [-0.4, -0.2) is 55.2 Å². The summed E-state index contributed by atoms with van der Waals surface area (Å²) in [5.41, 5.74) is 3.22. The lowest BCUT2D eigenvalue weighted by molar-refractivity contribution is 0.0441. The van der Waals surface area contributed by atoms with E-state index >= 15 is 0 Å². The molecule has 118 valence electrons. The van der Waals surface area contributed by atoms with Gasteiger partial charge < -0.3 is 14.5 Å². The van der Waals surface area contributed by atoms with Gasteiger partial charge in [0.15, 0.2) is 0 Å². The van der Waals surface area contributed by atoms with E-state index in [1.54, 1.807) is 6.07 Å².